The average Bonchev–Trinajstić information content (AvgIpc) is 2.06. The zero-order valence-electron chi connectivity index (χ0n) is 6.79. The summed E-state index contributed by atoms with van der Waals surface area (Å²) in [7, 11) is 0. The van der Waals surface area contributed by atoms with Crippen LogP contribution in [0.5, 0.6) is 0 Å². The van der Waals surface area contributed by atoms with Gasteiger partial charge in [-0.05, 0) is 25.7 Å². The Morgan fingerprint density at radius 3 is 2.45 bits per heavy atom. The van der Waals surface area contributed by atoms with Crippen molar-refractivity contribution in [3.05, 3.63) is 11.6 Å². The van der Waals surface area contributed by atoms with Crippen LogP contribution in [0.15, 0.2) is 11.6 Å². The van der Waals surface area contributed by atoms with Gasteiger partial charge in [-0.3, -0.25) is 0 Å². The van der Waals surface area contributed by atoms with Crippen LogP contribution in [0.3, 0.4) is 0 Å². The van der Waals surface area contributed by atoms with Gasteiger partial charge >= 0.3 is 0 Å². The van der Waals surface area contributed by atoms with E-state index in [0.29, 0.717) is 0 Å². The quantitative estimate of drug-likeness (QED) is 0.590. The summed E-state index contributed by atoms with van der Waals surface area (Å²) in [6, 6.07) is 0. The van der Waals surface area contributed by atoms with Crippen LogP contribution in [-0.2, 0) is 0 Å². The van der Waals surface area contributed by atoms with Crippen molar-refractivity contribution in [2.45, 2.75) is 38.2 Å². The van der Waals surface area contributed by atoms with Crippen molar-refractivity contribution < 1.29 is 10.2 Å². The highest BCUT2D eigenvalue weighted by Crippen LogP contribution is 2.22. The Morgan fingerprint density at radius 2 is 1.91 bits per heavy atom. The van der Waals surface area contributed by atoms with E-state index in [4.69, 9.17) is 10.2 Å². The molecule has 0 radical (unpaired) electrons. The number of hydrogen-bond acceptors (Lipinski definition) is 2. The molecule has 0 aliphatic heterocycles. The van der Waals surface area contributed by atoms with E-state index in [9.17, 15) is 0 Å². The van der Waals surface area contributed by atoms with Crippen LogP contribution < -0.4 is 0 Å². The van der Waals surface area contributed by atoms with Crippen LogP contribution in [0.25, 0.3) is 0 Å². The van der Waals surface area contributed by atoms with Gasteiger partial charge in [0.15, 0.2) is 0 Å². The molecule has 11 heavy (non-hydrogen) atoms. The Morgan fingerprint density at radius 1 is 1.27 bits per heavy atom. The maximum absolute atomic E-state index is 9.08. The molecule has 1 aliphatic rings. The second-order valence-corrected chi connectivity index (χ2v) is 3.14. The van der Waals surface area contributed by atoms with Crippen molar-refractivity contribution in [1.29, 1.82) is 0 Å². The predicted octanol–water partition coefficient (Wildman–Crippen LogP) is 1.23. The molecular weight excluding hydrogens is 140 g/mol. The van der Waals surface area contributed by atoms with Crippen LogP contribution in [-0.4, -0.2) is 22.9 Å². The zero-order valence-corrected chi connectivity index (χ0v) is 6.79. The van der Waals surface area contributed by atoms with Crippen molar-refractivity contribution in [3.8, 4) is 0 Å². The largest absolute Gasteiger partial charge is 0.393 e. The molecule has 1 saturated carbocycles. The van der Waals surface area contributed by atoms with Crippen LogP contribution in [0.2, 0.25) is 0 Å². The van der Waals surface area contributed by atoms with Gasteiger partial charge in [0.05, 0.1) is 12.7 Å². The third kappa shape index (κ3) is 3.04. The fraction of sp³-hybridized carbons (Fsp3) is 0.778. The Bertz CT molecular complexity index is 132. The molecule has 1 aliphatic carbocycles. The van der Waals surface area contributed by atoms with E-state index in [1.54, 1.807) is 6.08 Å². The van der Waals surface area contributed by atoms with Gasteiger partial charge in [0.1, 0.15) is 0 Å². The average molecular weight is 156 g/mol. The highest BCUT2D eigenvalue weighted by molar-refractivity contribution is 5.06. The van der Waals surface area contributed by atoms with Crippen LogP contribution in [0, 0.1) is 0 Å². The summed E-state index contributed by atoms with van der Waals surface area (Å²) in [5, 5.41) is 17.7. The highest BCUT2D eigenvalue weighted by atomic mass is 16.3. The third-order valence-corrected chi connectivity index (χ3v) is 2.11. The smallest absolute Gasteiger partial charge is 0.0954 e. The molecule has 0 aromatic heterocycles. The molecule has 1 fully saturated rings. The lowest BCUT2D eigenvalue weighted by Gasteiger charge is -2.14. The highest BCUT2D eigenvalue weighted by Gasteiger charge is 2.06. The van der Waals surface area contributed by atoms with Crippen LogP contribution >= 0.6 is 0 Å². The molecule has 0 aromatic rings. The molecule has 1 rings (SSSR count). The standard InChI is InChI=1S/C9H16O2/c10-7-9(11)6-8-4-2-1-3-5-8/h6,9-11H,1-5,7H2/t9-/m0/s1. The Labute approximate surface area is 67.6 Å². The normalized spacial score (nSPS) is 21.5. The number of aliphatic hydroxyl groups is 2. The molecule has 1 atom stereocenters. The number of rotatable bonds is 2. The first-order valence-electron chi connectivity index (χ1n) is 4.31. The van der Waals surface area contributed by atoms with Crippen LogP contribution in [0.1, 0.15) is 32.1 Å². The van der Waals surface area contributed by atoms with Gasteiger partial charge in [-0.2, -0.15) is 0 Å². The lowest BCUT2D eigenvalue weighted by atomic mass is 9.94. The van der Waals surface area contributed by atoms with E-state index in [1.165, 1.54) is 24.8 Å². The molecule has 0 saturated heterocycles. The van der Waals surface area contributed by atoms with E-state index in [2.05, 4.69) is 0 Å². The third-order valence-electron chi connectivity index (χ3n) is 2.11. The molecule has 2 N–H and O–H groups in total. The SMILES string of the molecule is OC[C@@H](O)C=C1CCCCC1. The van der Waals surface area contributed by atoms with Gasteiger partial charge < -0.3 is 10.2 Å². The topological polar surface area (TPSA) is 40.5 Å². The van der Waals surface area contributed by atoms with Crippen molar-refractivity contribution in [3.63, 3.8) is 0 Å². The first kappa shape index (κ1) is 8.75. The Kier molecular flexibility index (Phi) is 3.60. The molecule has 0 bridgehead atoms. The second-order valence-electron chi connectivity index (χ2n) is 3.14. The van der Waals surface area contributed by atoms with Crippen molar-refractivity contribution in [1.82, 2.24) is 0 Å². The van der Waals surface area contributed by atoms with E-state index in [1.807, 2.05) is 0 Å². The number of aliphatic hydroxyl groups excluding tert-OH is 2. The number of allylic oxidation sites excluding steroid dienone is 1. The molecule has 2 heteroatoms. The molecule has 0 amide bonds. The van der Waals surface area contributed by atoms with Crippen molar-refractivity contribution >= 4 is 0 Å². The summed E-state index contributed by atoms with van der Waals surface area (Å²) < 4.78 is 0. The molecule has 0 heterocycles. The van der Waals surface area contributed by atoms with Gasteiger partial charge in [-0.15, -0.1) is 0 Å². The predicted molar refractivity (Wildman–Crippen MR) is 44.3 cm³/mol. The van der Waals surface area contributed by atoms with Gasteiger partial charge in [-0.25, -0.2) is 0 Å². The second kappa shape index (κ2) is 4.52. The van der Waals surface area contributed by atoms with E-state index < -0.39 is 6.10 Å². The molecule has 0 spiro atoms. The van der Waals surface area contributed by atoms with E-state index >= 15 is 0 Å². The minimum absolute atomic E-state index is 0.149. The Balaban J connectivity index is 2.37. The van der Waals surface area contributed by atoms with E-state index in [-0.39, 0.29) is 6.61 Å². The van der Waals surface area contributed by atoms with Gasteiger partial charge in [0.25, 0.3) is 0 Å². The van der Waals surface area contributed by atoms with E-state index in [0.717, 1.165) is 12.8 Å². The lowest BCUT2D eigenvalue weighted by molar-refractivity contribution is 0.130. The van der Waals surface area contributed by atoms with Crippen molar-refractivity contribution in [2.75, 3.05) is 6.61 Å². The molecule has 2 nitrogen and oxygen atoms in total. The van der Waals surface area contributed by atoms with Gasteiger partial charge in [0.2, 0.25) is 0 Å². The minimum Gasteiger partial charge on any atom is -0.393 e. The Hall–Kier alpha value is -0.340. The minimum atomic E-state index is -0.636. The fourth-order valence-electron chi connectivity index (χ4n) is 1.50. The summed E-state index contributed by atoms with van der Waals surface area (Å²) in [4.78, 5) is 0. The summed E-state index contributed by atoms with van der Waals surface area (Å²) in [5.74, 6) is 0. The summed E-state index contributed by atoms with van der Waals surface area (Å²) in [5.41, 5.74) is 1.32. The van der Waals surface area contributed by atoms with Gasteiger partial charge in [0, 0.05) is 0 Å². The molecular formula is C9H16O2. The van der Waals surface area contributed by atoms with Crippen LogP contribution in [0.4, 0.5) is 0 Å². The van der Waals surface area contributed by atoms with Crippen molar-refractivity contribution in [2.24, 2.45) is 0 Å². The molecule has 64 valence electrons. The number of hydrogen-bond donors (Lipinski definition) is 2. The first-order valence-corrected chi connectivity index (χ1v) is 4.31. The maximum Gasteiger partial charge on any atom is 0.0954 e. The fourth-order valence-corrected chi connectivity index (χ4v) is 1.50. The summed E-state index contributed by atoms with van der Waals surface area (Å²) in [6.45, 7) is -0.149. The lowest BCUT2D eigenvalue weighted by Crippen LogP contribution is -2.09. The molecule has 0 aromatic carbocycles. The summed E-state index contributed by atoms with van der Waals surface area (Å²) >= 11 is 0. The van der Waals surface area contributed by atoms with Gasteiger partial charge in [-0.1, -0.05) is 18.1 Å². The summed E-state index contributed by atoms with van der Waals surface area (Å²) in [6.07, 6.45) is 7.18. The molecule has 0 unspecified atom stereocenters. The first-order chi connectivity index (χ1) is 5.33. The zero-order chi connectivity index (χ0) is 8.10. The maximum atomic E-state index is 9.08. The monoisotopic (exact) mass is 156 g/mol.